The van der Waals surface area contributed by atoms with E-state index in [9.17, 15) is 0 Å². The molecule has 5 rings (SSSR count). The van der Waals surface area contributed by atoms with Gasteiger partial charge in [0.05, 0.1) is 0 Å². The maximum absolute atomic E-state index is 5.73. The maximum atomic E-state index is 5.73. The van der Waals surface area contributed by atoms with Gasteiger partial charge >= 0.3 is 0 Å². The summed E-state index contributed by atoms with van der Waals surface area (Å²) < 4.78 is 11.4. The second kappa shape index (κ2) is 6.23. The summed E-state index contributed by atoms with van der Waals surface area (Å²) in [6.45, 7) is 5.65. The van der Waals surface area contributed by atoms with Crippen LogP contribution in [0.3, 0.4) is 0 Å². The summed E-state index contributed by atoms with van der Waals surface area (Å²) in [5.74, 6) is 3.62. The van der Waals surface area contributed by atoms with E-state index in [0.717, 1.165) is 42.9 Å². The van der Waals surface area contributed by atoms with Crippen LogP contribution in [0.15, 0.2) is 42.6 Å². The number of aromatic nitrogens is 1. The molecular formula is C20H23N3O2. The van der Waals surface area contributed by atoms with Crippen molar-refractivity contribution >= 4 is 5.82 Å². The Labute approximate surface area is 148 Å². The maximum Gasteiger partial charge on any atom is 0.161 e. The predicted octanol–water partition coefficient (Wildman–Crippen LogP) is 2.56. The van der Waals surface area contributed by atoms with Crippen LogP contribution < -0.4 is 14.4 Å². The average molecular weight is 337 g/mol. The molecule has 0 N–H and O–H groups in total. The SMILES string of the molecule is c1ccc(N2CC3CCN(Cc4ccc5c(c4)OCCO5)C3C2)nc1. The van der Waals surface area contributed by atoms with Gasteiger partial charge in [-0.1, -0.05) is 12.1 Å². The monoisotopic (exact) mass is 337 g/mol. The summed E-state index contributed by atoms with van der Waals surface area (Å²) in [5.41, 5.74) is 1.31. The highest BCUT2D eigenvalue weighted by Gasteiger charge is 2.41. The minimum absolute atomic E-state index is 0.621. The standard InChI is InChI=1S/C20H23N3O2/c1-2-7-21-20(3-1)23-13-16-6-8-22(17(16)14-23)12-15-4-5-18-19(11-15)25-10-9-24-18/h1-5,7,11,16-17H,6,8-10,12-14H2. The Balaban J connectivity index is 1.29. The number of hydrogen-bond acceptors (Lipinski definition) is 5. The molecule has 5 nitrogen and oxygen atoms in total. The first-order chi connectivity index (χ1) is 12.4. The summed E-state index contributed by atoms with van der Waals surface area (Å²) in [5, 5.41) is 0. The molecule has 2 fully saturated rings. The van der Waals surface area contributed by atoms with Crippen molar-refractivity contribution < 1.29 is 9.47 Å². The first-order valence-corrected chi connectivity index (χ1v) is 9.15. The zero-order valence-electron chi connectivity index (χ0n) is 14.3. The van der Waals surface area contributed by atoms with Gasteiger partial charge in [0, 0.05) is 31.9 Å². The van der Waals surface area contributed by atoms with E-state index >= 15 is 0 Å². The molecule has 5 heteroatoms. The number of anilines is 1. The van der Waals surface area contributed by atoms with Crippen LogP contribution in [0.1, 0.15) is 12.0 Å². The van der Waals surface area contributed by atoms with E-state index < -0.39 is 0 Å². The second-order valence-corrected chi connectivity index (χ2v) is 7.16. The van der Waals surface area contributed by atoms with Crippen LogP contribution in [-0.2, 0) is 6.54 Å². The lowest BCUT2D eigenvalue weighted by atomic mass is 10.0. The van der Waals surface area contributed by atoms with Gasteiger partial charge in [-0.2, -0.15) is 0 Å². The zero-order chi connectivity index (χ0) is 16.6. The Hall–Kier alpha value is -2.27. The number of likely N-dealkylation sites (tertiary alicyclic amines) is 1. The first-order valence-electron chi connectivity index (χ1n) is 9.15. The Morgan fingerprint density at radius 1 is 1.04 bits per heavy atom. The molecule has 4 heterocycles. The number of rotatable bonds is 3. The van der Waals surface area contributed by atoms with E-state index in [0.29, 0.717) is 19.3 Å². The molecule has 0 aliphatic carbocycles. The van der Waals surface area contributed by atoms with Gasteiger partial charge in [0.15, 0.2) is 11.5 Å². The molecule has 1 aromatic heterocycles. The van der Waals surface area contributed by atoms with E-state index in [1.54, 1.807) is 0 Å². The molecule has 0 saturated carbocycles. The van der Waals surface area contributed by atoms with Gasteiger partial charge in [0.25, 0.3) is 0 Å². The number of benzene rings is 1. The van der Waals surface area contributed by atoms with Gasteiger partial charge in [-0.3, -0.25) is 4.90 Å². The molecule has 2 aromatic rings. The van der Waals surface area contributed by atoms with Crippen molar-refractivity contribution in [1.29, 1.82) is 0 Å². The minimum Gasteiger partial charge on any atom is -0.486 e. The molecule has 25 heavy (non-hydrogen) atoms. The van der Waals surface area contributed by atoms with Crippen LogP contribution >= 0.6 is 0 Å². The fraction of sp³-hybridized carbons (Fsp3) is 0.450. The summed E-state index contributed by atoms with van der Waals surface area (Å²) in [6, 6.07) is 13.2. The highest BCUT2D eigenvalue weighted by atomic mass is 16.6. The molecule has 0 amide bonds. The number of ether oxygens (including phenoxy) is 2. The quantitative estimate of drug-likeness (QED) is 0.861. The van der Waals surface area contributed by atoms with Gasteiger partial charge < -0.3 is 14.4 Å². The molecule has 1 aromatic carbocycles. The molecule has 2 unspecified atom stereocenters. The highest BCUT2D eigenvalue weighted by Crippen LogP contribution is 2.36. The largest absolute Gasteiger partial charge is 0.486 e. The lowest BCUT2D eigenvalue weighted by Gasteiger charge is -2.26. The molecule has 0 radical (unpaired) electrons. The fourth-order valence-corrected chi connectivity index (χ4v) is 4.39. The summed E-state index contributed by atoms with van der Waals surface area (Å²) in [6.07, 6.45) is 3.16. The third kappa shape index (κ3) is 2.82. The smallest absolute Gasteiger partial charge is 0.161 e. The molecular weight excluding hydrogens is 314 g/mol. The normalized spacial score (nSPS) is 25.2. The van der Waals surface area contributed by atoms with Crippen molar-refractivity contribution in [3.63, 3.8) is 0 Å². The number of pyridine rings is 1. The van der Waals surface area contributed by atoms with Crippen molar-refractivity contribution in [2.75, 3.05) is 37.7 Å². The van der Waals surface area contributed by atoms with Gasteiger partial charge in [-0.05, 0) is 48.7 Å². The van der Waals surface area contributed by atoms with E-state index in [4.69, 9.17) is 9.47 Å². The predicted molar refractivity (Wildman–Crippen MR) is 96.2 cm³/mol. The van der Waals surface area contributed by atoms with Crippen LogP contribution in [0.4, 0.5) is 5.82 Å². The zero-order valence-corrected chi connectivity index (χ0v) is 14.3. The van der Waals surface area contributed by atoms with E-state index in [1.807, 2.05) is 18.3 Å². The summed E-state index contributed by atoms with van der Waals surface area (Å²) in [4.78, 5) is 9.58. The van der Waals surface area contributed by atoms with Crippen molar-refractivity contribution in [2.45, 2.75) is 19.0 Å². The molecule has 3 aliphatic rings. The number of fused-ring (bicyclic) bond motifs is 2. The van der Waals surface area contributed by atoms with Crippen LogP contribution in [0.25, 0.3) is 0 Å². The molecule has 3 aliphatic heterocycles. The molecule has 2 saturated heterocycles. The van der Waals surface area contributed by atoms with Crippen LogP contribution in [-0.4, -0.2) is 48.8 Å². The van der Waals surface area contributed by atoms with Crippen LogP contribution in [0.2, 0.25) is 0 Å². The molecule has 0 bridgehead atoms. The van der Waals surface area contributed by atoms with Crippen molar-refractivity contribution in [1.82, 2.24) is 9.88 Å². The second-order valence-electron chi connectivity index (χ2n) is 7.16. The van der Waals surface area contributed by atoms with E-state index in [-0.39, 0.29) is 0 Å². The third-order valence-corrected chi connectivity index (χ3v) is 5.63. The lowest BCUT2D eigenvalue weighted by molar-refractivity contribution is 0.171. The average Bonchev–Trinajstić information content (AvgIpc) is 3.24. The molecule has 2 atom stereocenters. The first kappa shape index (κ1) is 15.0. The molecule has 0 spiro atoms. The number of nitrogens with zero attached hydrogens (tertiary/aromatic N) is 3. The van der Waals surface area contributed by atoms with Crippen LogP contribution in [0, 0.1) is 5.92 Å². The Morgan fingerprint density at radius 3 is 2.84 bits per heavy atom. The van der Waals surface area contributed by atoms with Gasteiger partial charge in [0.1, 0.15) is 19.0 Å². The van der Waals surface area contributed by atoms with Crippen molar-refractivity contribution in [2.24, 2.45) is 5.92 Å². The summed E-state index contributed by atoms with van der Waals surface area (Å²) in [7, 11) is 0. The van der Waals surface area contributed by atoms with E-state index in [2.05, 4.69) is 39.0 Å². The van der Waals surface area contributed by atoms with Crippen molar-refractivity contribution in [3.05, 3.63) is 48.2 Å². The third-order valence-electron chi connectivity index (χ3n) is 5.63. The summed E-state index contributed by atoms with van der Waals surface area (Å²) >= 11 is 0. The van der Waals surface area contributed by atoms with Crippen LogP contribution in [0.5, 0.6) is 11.5 Å². The Morgan fingerprint density at radius 2 is 1.96 bits per heavy atom. The van der Waals surface area contributed by atoms with Gasteiger partial charge in [-0.25, -0.2) is 4.98 Å². The lowest BCUT2D eigenvalue weighted by Crippen LogP contribution is -2.35. The highest BCUT2D eigenvalue weighted by molar-refractivity contribution is 5.44. The number of hydrogen-bond donors (Lipinski definition) is 0. The topological polar surface area (TPSA) is 37.8 Å². The fourth-order valence-electron chi connectivity index (χ4n) is 4.39. The van der Waals surface area contributed by atoms with Crippen molar-refractivity contribution in [3.8, 4) is 11.5 Å². The Kier molecular flexibility index (Phi) is 3.74. The van der Waals surface area contributed by atoms with E-state index in [1.165, 1.54) is 18.5 Å². The Bertz CT molecular complexity index is 752. The molecule has 130 valence electrons. The van der Waals surface area contributed by atoms with Gasteiger partial charge in [0.2, 0.25) is 0 Å². The minimum atomic E-state index is 0.621. The van der Waals surface area contributed by atoms with Gasteiger partial charge in [-0.15, -0.1) is 0 Å².